The smallest absolute Gasteiger partial charge is 0.271 e. The maximum absolute atomic E-state index is 12.5. The highest BCUT2D eigenvalue weighted by Gasteiger charge is 2.28. The molecule has 2 aromatic rings. The molecule has 1 N–H and O–H groups in total. The molecule has 7 heteroatoms. The van der Waals surface area contributed by atoms with E-state index in [0.29, 0.717) is 11.3 Å². The standard InChI is InChI=1S/C23H26BrN3O3/c1-16-4-3-5-17(2)27(16)22(28)15-30-21-12-8-19(9-13-21)23(29)26-25-14-18-6-10-20(24)11-7-18/h6-14,16-17H,3-5,15H2,1-2H3,(H,26,29)/b25-14+. The lowest BCUT2D eigenvalue weighted by Gasteiger charge is -2.38. The molecule has 0 aliphatic carbocycles. The first-order valence-electron chi connectivity index (χ1n) is 10.1. The van der Waals surface area contributed by atoms with E-state index in [0.717, 1.165) is 29.3 Å². The Balaban J connectivity index is 1.49. The topological polar surface area (TPSA) is 71.0 Å². The molecule has 1 aliphatic heterocycles. The minimum Gasteiger partial charge on any atom is -0.484 e. The van der Waals surface area contributed by atoms with Crippen molar-refractivity contribution in [2.45, 2.75) is 45.2 Å². The summed E-state index contributed by atoms with van der Waals surface area (Å²) in [6, 6.07) is 14.7. The number of halogens is 1. The van der Waals surface area contributed by atoms with Crippen molar-refractivity contribution < 1.29 is 14.3 Å². The molecule has 1 aliphatic rings. The van der Waals surface area contributed by atoms with Gasteiger partial charge in [0.05, 0.1) is 6.21 Å². The van der Waals surface area contributed by atoms with E-state index in [9.17, 15) is 9.59 Å². The van der Waals surface area contributed by atoms with Crippen LogP contribution in [0.1, 0.15) is 49.0 Å². The molecule has 2 aromatic carbocycles. The summed E-state index contributed by atoms with van der Waals surface area (Å²) < 4.78 is 6.62. The van der Waals surface area contributed by atoms with E-state index in [-0.39, 0.29) is 30.5 Å². The third-order valence-corrected chi connectivity index (χ3v) is 5.74. The molecule has 0 bridgehead atoms. The monoisotopic (exact) mass is 471 g/mol. The second-order valence-corrected chi connectivity index (χ2v) is 8.41. The largest absolute Gasteiger partial charge is 0.484 e. The zero-order chi connectivity index (χ0) is 21.5. The van der Waals surface area contributed by atoms with Gasteiger partial charge in [0.2, 0.25) is 0 Å². The number of piperidine rings is 1. The molecule has 0 spiro atoms. The molecule has 1 fully saturated rings. The molecule has 6 nitrogen and oxygen atoms in total. The Bertz CT molecular complexity index is 887. The van der Waals surface area contributed by atoms with Crippen molar-refractivity contribution in [2.75, 3.05) is 6.61 Å². The van der Waals surface area contributed by atoms with Crippen molar-refractivity contribution in [3.63, 3.8) is 0 Å². The lowest BCUT2D eigenvalue weighted by atomic mass is 9.97. The van der Waals surface area contributed by atoms with E-state index in [1.54, 1.807) is 30.5 Å². The van der Waals surface area contributed by atoms with E-state index >= 15 is 0 Å². The Morgan fingerprint density at radius 2 is 1.73 bits per heavy atom. The number of carbonyl (C=O) groups excluding carboxylic acids is 2. The van der Waals surface area contributed by atoms with Gasteiger partial charge in [-0.25, -0.2) is 5.43 Å². The lowest BCUT2D eigenvalue weighted by Crippen LogP contribution is -2.49. The second-order valence-electron chi connectivity index (χ2n) is 7.49. The fraction of sp³-hybridized carbons (Fsp3) is 0.348. The maximum Gasteiger partial charge on any atom is 0.271 e. The molecular formula is C23H26BrN3O3. The third kappa shape index (κ3) is 5.92. The SMILES string of the molecule is CC1CCCC(C)N1C(=O)COc1ccc(C(=O)N/N=C/c2ccc(Br)cc2)cc1. The van der Waals surface area contributed by atoms with Gasteiger partial charge >= 0.3 is 0 Å². The number of hydrogen-bond donors (Lipinski definition) is 1. The van der Waals surface area contributed by atoms with Crippen LogP contribution in [-0.2, 0) is 4.79 Å². The fourth-order valence-corrected chi connectivity index (χ4v) is 3.88. The number of amides is 2. The van der Waals surface area contributed by atoms with Crippen molar-refractivity contribution in [3.8, 4) is 5.75 Å². The third-order valence-electron chi connectivity index (χ3n) is 5.21. The van der Waals surface area contributed by atoms with Crippen LogP contribution < -0.4 is 10.2 Å². The van der Waals surface area contributed by atoms with Crippen molar-refractivity contribution in [3.05, 3.63) is 64.1 Å². The molecule has 1 heterocycles. The van der Waals surface area contributed by atoms with Crippen LogP contribution in [0.4, 0.5) is 0 Å². The normalized spacial score (nSPS) is 19.0. The van der Waals surface area contributed by atoms with Gasteiger partial charge in [0.15, 0.2) is 6.61 Å². The molecule has 0 radical (unpaired) electrons. The highest BCUT2D eigenvalue weighted by atomic mass is 79.9. The summed E-state index contributed by atoms with van der Waals surface area (Å²) in [4.78, 5) is 26.7. The number of hydrazone groups is 1. The summed E-state index contributed by atoms with van der Waals surface area (Å²) in [6.07, 6.45) is 4.80. The van der Waals surface area contributed by atoms with Crippen LogP contribution in [0.2, 0.25) is 0 Å². The molecule has 2 atom stereocenters. The van der Waals surface area contributed by atoms with Crippen LogP contribution in [0.25, 0.3) is 0 Å². The predicted molar refractivity (Wildman–Crippen MR) is 121 cm³/mol. The summed E-state index contributed by atoms with van der Waals surface area (Å²) in [5.74, 6) is 0.233. The van der Waals surface area contributed by atoms with Crippen LogP contribution >= 0.6 is 15.9 Å². The average molecular weight is 472 g/mol. The summed E-state index contributed by atoms with van der Waals surface area (Å²) in [6.45, 7) is 4.16. The molecule has 1 saturated heterocycles. The Kier molecular flexibility index (Phi) is 7.63. The zero-order valence-electron chi connectivity index (χ0n) is 17.2. The van der Waals surface area contributed by atoms with Crippen LogP contribution in [0, 0.1) is 0 Å². The number of ether oxygens (including phenoxy) is 1. The molecule has 2 amide bonds. The van der Waals surface area contributed by atoms with Gasteiger partial charge in [0.1, 0.15) is 5.75 Å². The predicted octanol–water partition coefficient (Wildman–Crippen LogP) is 4.38. The number of nitrogens with zero attached hydrogens (tertiary/aromatic N) is 2. The average Bonchev–Trinajstić information content (AvgIpc) is 2.74. The van der Waals surface area contributed by atoms with Crippen molar-refractivity contribution in [2.24, 2.45) is 5.10 Å². The number of likely N-dealkylation sites (tertiary alicyclic amines) is 1. The first-order chi connectivity index (χ1) is 14.4. The van der Waals surface area contributed by atoms with Gasteiger partial charge in [-0.2, -0.15) is 5.10 Å². The summed E-state index contributed by atoms with van der Waals surface area (Å²) in [5.41, 5.74) is 3.84. The second kappa shape index (κ2) is 10.4. The van der Waals surface area contributed by atoms with Gasteiger partial charge in [-0.3, -0.25) is 9.59 Å². The molecule has 3 rings (SSSR count). The van der Waals surface area contributed by atoms with E-state index in [1.807, 2.05) is 29.2 Å². The Hall–Kier alpha value is -2.67. The molecule has 30 heavy (non-hydrogen) atoms. The minimum absolute atomic E-state index is 0.00111. The van der Waals surface area contributed by atoms with Gasteiger partial charge in [0.25, 0.3) is 11.8 Å². The Morgan fingerprint density at radius 3 is 2.37 bits per heavy atom. The zero-order valence-corrected chi connectivity index (χ0v) is 18.8. The van der Waals surface area contributed by atoms with E-state index < -0.39 is 0 Å². The van der Waals surface area contributed by atoms with E-state index in [1.165, 1.54) is 0 Å². The minimum atomic E-state index is -0.318. The Labute approximate surface area is 185 Å². The molecular weight excluding hydrogens is 446 g/mol. The molecule has 0 aromatic heterocycles. The van der Waals surface area contributed by atoms with E-state index in [2.05, 4.69) is 40.3 Å². The van der Waals surface area contributed by atoms with Crippen LogP contribution in [0.5, 0.6) is 5.75 Å². The van der Waals surface area contributed by atoms with Crippen LogP contribution in [0.15, 0.2) is 58.1 Å². The van der Waals surface area contributed by atoms with Gasteiger partial charge in [0, 0.05) is 22.1 Å². The van der Waals surface area contributed by atoms with Crippen LogP contribution in [0.3, 0.4) is 0 Å². The highest BCUT2D eigenvalue weighted by Crippen LogP contribution is 2.23. The highest BCUT2D eigenvalue weighted by molar-refractivity contribution is 9.10. The number of benzene rings is 2. The van der Waals surface area contributed by atoms with E-state index in [4.69, 9.17) is 4.74 Å². The quantitative estimate of drug-likeness (QED) is 0.501. The first kappa shape index (κ1) is 22.0. The van der Waals surface area contributed by atoms with Crippen molar-refractivity contribution >= 4 is 34.0 Å². The lowest BCUT2D eigenvalue weighted by molar-refractivity contribution is -0.139. The number of rotatable bonds is 6. The molecule has 0 saturated carbocycles. The van der Waals surface area contributed by atoms with Crippen molar-refractivity contribution in [1.29, 1.82) is 0 Å². The van der Waals surface area contributed by atoms with Crippen LogP contribution in [-0.4, -0.2) is 41.6 Å². The Morgan fingerprint density at radius 1 is 1.10 bits per heavy atom. The van der Waals surface area contributed by atoms with Gasteiger partial charge in [-0.05, 0) is 75.1 Å². The summed E-state index contributed by atoms with van der Waals surface area (Å²) in [7, 11) is 0. The summed E-state index contributed by atoms with van der Waals surface area (Å²) >= 11 is 3.37. The maximum atomic E-state index is 12.5. The number of nitrogens with one attached hydrogen (secondary N) is 1. The first-order valence-corrected chi connectivity index (χ1v) is 10.9. The summed E-state index contributed by atoms with van der Waals surface area (Å²) in [5, 5.41) is 3.97. The van der Waals surface area contributed by atoms with Gasteiger partial charge in [-0.15, -0.1) is 0 Å². The molecule has 2 unspecified atom stereocenters. The van der Waals surface area contributed by atoms with Gasteiger partial charge < -0.3 is 9.64 Å². The molecule has 158 valence electrons. The van der Waals surface area contributed by atoms with Gasteiger partial charge in [-0.1, -0.05) is 28.1 Å². The fourth-order valence-electron chi connectivity index (χ4n) is 3.61. The number of hydrogen-bond acceptors (Lipinski definition) is 4. The number of carbonyl (C=O) groups is 2. The van der Waals surface area contributed by atoms with Crippen molar-refractivity contribution in [1.82, 2.24) is 10.3 Å².